The van der Waals surface area contributed by atoms with Crippen molar-refractivity contribution in [3.8, 4) is 0 Å². The highest BCUT2D eigenvalue weighted by Gasteiger charge is 2.40. The third kappa shape index (κ3) is 3.33. The predicted octanol–water partition coefficient (Wildman–Crippen LogP) is 3.46. The molecule has 1 saturated heterocycles. The summed E-state index contributed by atoms with van der Waals surface area (Å²) in [4.78, 5) is 15.1. The lowest BCUT2D eigenvalue weighted by molar-refractivity contribution is -0.0866. The molecule has 5 heteroatoms. The minimum atomic E-state index is -0.0556. The van der Waals surface area contributed by atoms with Gasteiger partial charge in [-0.25, -0.2) is 0 Å². The maximum atomic E-state index is 13.2. The summed E-state index contributed by atoms with van der Waals surface area (Å²) in [5.74, 6) is 0.651. The van der Waals surface area contributed by atoms with E-state index in [9.17, 15) is 4.79 Å². The summed E-state index contributed by atoms with van der Waals surface area (Å²) in [6, 6.07) is 12.2. The van der Waals surface area contributed by atoms with Crippen LogP contribution in [0, 0.1) is 5.92 Å². The number of ether oxygens (including phenoxy) is 1. The Labute approximate surface area is 148 Å². The van der Waals surface area contributed by atoms with Crippen molar-refractivity contribution in [1.29, 1.82) is 0 Å². The zero-order valence-corrected chi connectivity index (χ0v) is 14.8. The summed E-state index contributed by atoms with van der Waals surface area (Å²) in [6.07, 6.45) is 4.20. The Bertz CT molecular complexity index is 736. The van der Waals surface area contributed by atoms with Gasteiger partial charge in [0.25, 0.3) is 5.91 Å². The molecule has 5 nitrogen and oxygen atoms in total. The monoisotopic (exact) mass is 339 g/mol. The Balaban J connectivity index is 1.59. The minimum Gasteiger partial charge on any atom is -0.366 e. The van der Waals surface area contributed by atoms with Crippen LogP contribution in [-0.4, -0.2) is 39.8 Å². The molecule has 2 fully saturated rings. The van der Waals surface area contributed by atoms with Crippen molar-refractivity contribution in [1.82, 2.24) is 14.7 Å². The molecule has 1 aromatic heterocycles. The fraction of sp³-hybridized carbons (Fsp3) is 0.500. The fourth-order valence-corrected chi connectivity index (χ4v) is 3.59. The van der Waals surface area contributed by atoms with E-state index in [0.717, 1.165) is 5.56 Å². The summed E-state index contributed by atoms with van der Waals surface area (Å²) in [6.45, 7) is 5.36. The lowest BCUT2D eigenvalue weighted by atomic mass is 10.0. The summed E-state index contributed by atoms with van der Waals surface area (Å²) >= 11 is 0. The number of hydrogen-bond donors (Lipinski definition) is 0. The van der Waals surface area contributed by atoms with E-state index in [4.69, 9.17) is 4.74 Å². The number of nitrogens with zero attached hydrogens (tertiary/aromatic N) is 3. The zero-order chi connectivity index (χ0) is 17.4. The normalized spacial score (nSPS) is 23.9. The van der Waals surface area contributed by atoms with Gasteiger partial charge in [0, 0.05) is 18.8 Å². The van der Waals surface area contributed by atoms with E-state index in [2.05, 4.69) is 17.2 Å². The predicted molar refractivity (Wildman–Crippen MR) is 95.3 cm³/mol. The maximum absolute atomic E-state index is 13.2. The molecule has 2 heterocycles. The number of carbonyl (C=O) groups excluding carboxylic acids is 1. The standard InChI is InChI=1S/C20H25N3O2/c1-14(2)23-17(10-11-21-23)20(24)22-12-18(15-6-4-3-5-7-15)25-19(13-22)16-8-9-16/h3-7,10-11,14,16,18-19H,8-9,12-13H2,1-2H3/t18-,19+/m0/s1. The average molecular weight is 339 g/mol. The molecule has 0 radical (unpaired) electrons. The van der Waals surface area contributed by atoms with E-state index >= 15 is 0 Å². The van der Waals surface area contributed by atoms with Crippen molar-refractivity contribution < 1.29 is 9.53 Å². The number of amides is 1. The average Bonchev–Trinajstić information content (AvgIpc) is 3.37. The number of benzene rings is 1. The van der Waals surface area contributed by atoms with Gasteiger partial charge in [-0.3, -0.25) is 9.48 Å². The molecule has 2 atom stereocenters. The van der Waals surface area contributed by atoms with E-state index in [-0.39, 0.29) is 24.2 Å². The van der Waals surface area contributed by atoms with E-state index in [0.29, 0.717) is 24.7 Å². The van der Waals surface area contributed by atoms with Crippen LogP contribution >= 0.6 is 0 Å². The second-order valence-corrected chi connectivity index (χ2v) is 7.38. The maximum Gasteiger partial charge on any atom is 0.272 e. The van der Waals surface area contributed by atoms with Crippen molar-refractivity contribution in [3.63, 3.8) is 0 Å². The Morgan fingerprint density at radius 2 is 1.92 bits per heavy atom. The third-order valence-corrected chi connectivity index (χ3v) is 5.11. The molecule has 1 saturated carbocycles. The summed E-state index contributed by atoms with van der Waals surface area (Å²) in [5.41, 5.74) is 1.81. The van der Waals surface area contributed by atoms with Crippen LogP contribution in [-0.2, 0) is 4.74 Å². The second kappa shape index (κ2) is 6.64. The molecule has 25 heavy (non-hydrogen) atoms. The van der Waals surface area contributed by atoms with Crippen molar-refractivity contribution >= 4 is 5.91 Å². The minimum absolute atomic E-state index is 0.0556. The van der Waals surface area contributed by atoms with Crippen LogP contribution in [0.2, 0.25) is 0 Å². The Kier molecular flexibility index (Phi) is 4.34. The molecule has 132 valence electrons. The van der Waals surface area contributed by atoms with Gasteiger partial charge in [-0.15, -0.1) is 0 Å². The molecule has 2 aromatic rings. The number of hydrogen-bond acceptors (Lipinski definition) is 3. The molecular formula is C20H25N3O2. The first kappa shape index (κ1) is 16.3. The van der Waals surface area contributed by atoms with Crippen molar-refractivity contribution in [2.75, 3.05) is 13.1 Å². The fourth-order valence-electron chi connectivity index (χ4n) is 3.59. The van der Waals surface area contributed by atoms with Gasteiger partial charge in [-0.2, -0.15) is 5.10 Å². The Hall–Kier alpha value is -2.14. The molecule has 4 rings (SSSR count). The van der Waals surface area contributed by atoms with Gasteiger partial charge in [-0.1, -0.05) is 30.3 Å². The molecule has 1 amide bonds. The molecule has 1 aliphatic heterocycles. The van der Waals surface area contributed by atoms with Crippen LogP contribution in [0.3, 0.4) is 0 Å². The van der Waals surface area contributed by atoms with Crippen molar-refractivity contribution in [2.24, 2.45) is 5.92 Å². The van der Waals surface area contributed by atoms with Crippen molar-refractivity contribution in [3.05, 3.63) is 53.9 Å². The molecule has 0 bridgehead atoms. The van der Waals surface area contributed by atoms with E-state index in [1.165, 1.54) is 12.8 Å². The van der Waals surface area contributed by atoms with Crippen LogP contribution in [0.5, 0.6) is 0 Å². The number of aromatic nitrogens is 2. The lowest BCUT2D eigenvalue weighted by Gasteiger charge is -2.38. The third-order valence-electron chi connectivity index (χ3n) is 5.11. The van der Waals surface area contributed by atoms with Crippen LogP contribution < -0.4 is 0 Å². The molecule has 0 spiro atoms. The molecular weight excluding hydrogens is 314 g/mol. The first-order valence-corrected chi connectivity index (χ1v) is 9.16. The van der Waals surface area contributed by atoms with Crippen LogP contribution in [0.1, 0.15) is 54.9 Å². The number of carbonyl (C=O) groups is 1. The SMILES string of the molecule is CC(C)n1nccc1C(=O)N1C[C@@H](c2ccccc2)O[C@@H](C2CC2)C1. The zero-order valence-electron chi connectivity index (χ0n) is 14.8. The van der Waals surface area contributed by atoms with Gasteiger partial charge in [0.2, 0.25) is 0 Å². The highest BCUT2D eigenvalue weighted by Crippen LogP contribution is 2.39. The molecule has 2 aliphatic rings. The topological polar surface area (TPSA) is 47.4 Å². The Morgan fingerprint density at radius 1 is 1.16 bits per heavy atom. The van der Waals surface area contributed by atoms with Crippen LogP contribution in [0.4, 0.5) is 0 Å². The van der Waals surface area contributed by atoms with E-state index in [1.54, 1.807) is 10.9 Å². The Morgan fingerprint density at radius 3 is 2.60 bits per heavy atom. The molecule has 1 aromatic carbocycles. The smallest absolute Gasteiger partial charge is 0.272 e. The van der Waals surface area contributed by atoms with Gasteiger partial charge in [0.1, 0.15) is 11.8 Å². The highest BCUT2D eigenvalue weighted by molar-refractivity contribution is 5.92. The summed E-state index contributed by atoms with van der Waals surface area (Å²) in [7, 11) is 0. The second-order valence-electron chi connectivity index (χ2n) is 7.38. The van der Waals surface area contributed by atoms with Gasteiger partial charge in [0.15, 0.2) is 0 Å². The van der Waals surface area contributed by atoms with Gasteiger partial charge in [-0.05, 0) is 44.2 Å². The van der Waals surface area contributed by atoms with Gasteiger partial charge >= 0.3 is 0 Å². The number of rotatable bonds is 4. The highest BCUT2D eigenvalue weighted by atomic mass is 16.5. The van der Waals surface area contributed by atoms with Crippen LogP contribution in [0.15, 0.2) is 42.6 Å². The van der Waals surface area contributed by atoms with Crippen molar-refractivity contribution in [2.45, 2.75) is 44.9 Å². The summed E-state index contributed by atoms with van der Waals surface area (Å²) < 4.78 is 8.16. The largest absolute Gasteiger partial charge is 0.366 e. The van der Waals surface area contributed by atoms with Crippen LogP contribution in [0.25, 0.3) is 0 Å². The quantitative estimate of drug-likeness (QED) is 0.857. The molecule has 0 unspecified atom stereocenters. The lowest BCUT2D eigenvalue weighted by Crippen LogP contribution is -2.48. The number of morpholine rings is 1. The molecule has 0 N–H and O–H groups in total. The molecule has 1 aliphatic carbocycles. The van der Waals surface area contributed by atoms with E-state index in [1.807, 2.05) is 43.0 Å². The van der Waals surface area contributed by atoms with Gasteiger partial charge < -0.3 is 9.64 Å². The first-order chi connectivity index (χ1) is 12.1. The van der Waals surface area contributed by atoms with Gasteiger partial charge in [0.05, 0.1) is 12.6 Å². The first-order valence-electron chi connectivity index (χ1n) is 9.16. The summed E-state index contributed by atoms with van der Waals surface area (Å²) in [5, 5.41) is 4.31. The van der Waals surface area contributed by atoms with E-state index < -0.39 is 0 Å².